The van der Waals surface area contributed by atoms with Gasteiger partial charge in [-0.15, -0.1) is 0 Å². The number of benzene rings is 1. The van der Waals surface area contributed by atoms with Crippen molar-refractivity contribution in [1.82, 2.24) is 10.6 Å². The summed E-state index contributed by atoms with van der Waals surface area (Å²) in [4.78, 5) is 22.6. The third kappa shape index (κ3) is 4.18. The van der Waals surface area contributed by atoms with Gasteiger partial charge in [0.05, 0.1) is 15.7 Å². The minimum atomic E-state index is -0.920. The van der Waals surface area contributed by atoms with Gasteiger partial charge in [-0.25, -0.2) is 4.79 Å². The molecule has 0 saturated carbocycles. The SMILES string of the molecule is CNC(=O)NC(=O)C(C)Oc1cc(Cl)c(Cl)cc1N. The molecule has 0 aliphatic heterocycles. The van der Waals surface area contributed by atoms with Gasteiger partial charge in [-0.1, -0.05) is 23.2 Å². The lowest BCUT2D eigenvalue weighted by Gasteiger charge is -2.16. The Morgan fingerprint density at radius 3 is 2.47 bits per heavy atom. The van der Waals surface area contributed by atoms with Crippen LogP contribution in [-0.2, 0) is 4.79 Å². The quantitative estimate of drug-likeness (QED) is 0.742. The van der Waals surface area contributed by atoms with Crippen molar-refractivity contribution in [2.75, 3.05) is 12.8 Å². The summed E-state index contributed by atoms with van der Waals surface area (Å²) in [5, 5.41) is 4.87. The number of nitrogens with two attached hydrogens (primary N) is 1. The molecule has 0 saturated heterocycles. The highest BCUT2D eigenvalue weighted by Gasteiger charge is 2.18. The van der Waals surface area contributed by atoms with Crippen LogP contribution in [0.2, 0.25) is 10.0 Å². The number of anilines is 1. The highest BCUT2D eigenvalue weighted by Crippen LogP contribution is 2.32. The number of carbonyl (C=O) groups is 2. The van der Waals surface area contributed by atoms with Gasteiger partial charge in [0.25, 0.3) is 5.91 Å². The van der Waals surface area contributed by atoms with Crippen LogP contribution in [0.1, 0.15) is 6.92 Å². The van der Waals surface area contributed by atoms with Crippen molar-refractivity contribution in [2.45, 2.75) is 13.0 Å². The normalized spacial score (nSPS) is 11.6. The van der Waals surface area contributed by atoms with Crippen LogP contribution in [0, 0.1) is 0 Å². The molecule has 3 amide bonds. The van der Waals surface area contributed by atoms with Crippen molar-refractivity contribution < 1.29 is 14.3 Å². The van der Waals surface area contributed by atoms with Crippen LogP contribution < -0.4 is 21.1 Å². The maximum absolute atomic E-state index is 11.6. The average molecular weight is 306 g/mol. The summed E-state index contributed by atoms with van der Waals surface area (Å²) in [7, 11) is 1.39. The van der Waals surface area contributed by atoms with Gasteiger partial charge in [-0.05, 0) is 13.0 Å². The summed E-state index contributed by atoms with van der Waals surface area (Å²) >= 11 is 11.6. The summed E-state index contributed by atoms with van der Waals surface area (Å²) in [6.45, 7) is 1.47. The molecule has 19 heavy (non-hydrogen) atoms. The smallest absolute Gasteiger partial charge is 0.321 e. The van der Waals surface area contributed by atoms with Gasteiger partial charge in [0.2, 0.25) is 0 Å². The van der Waals surface area contributed by atoms with E-state index in [-0.39, 0.29) is 21.5 Å². The molecule has 1 rings (SSSR count). The molecule has 0 radical (unpaired) electrons. The van der Waals surface area contributed by atoms with Crippen LogP contribution in [0.4, 0.5) is 10.5 Å². The Morgan fingerprint density at radius 1 is 1.32 bits per heavy atom. The average Bonchev–Trinajstić information content (AvgIpc) is 2.35. The number of urea groups is 1. The second-order valence-electron chi connectivity index (χ2n) is 3.63. The molecule has 1 unspecified atom stereocenters. The molecule has 0 aliphatic carbocycles. The van der Waals surface area contributed by atoms with E-state index in [0.29, 0.717) is 0 Å². The summed E-state index contributed by atoms with van der Waals surface area (Å²) in [6.07, 6.45) is -0.920. The molecule has 1 aromatic rings. The van der Waals surface area contributed by atoms with Crippen molar-refractivity contribution in [2.24, 2.45) is 0 Å². The number of ether oxygens (including phenoxy) is 1. The number of nitrogens with one attached hydrogen (secondary N) is 2. The number of hydrogen-bond acceptors (Lipinski definition) is 4. The monoisotopic (exact) mass is 305 g/mol. The summed E-state index contributed by atoms with van der Waals surface area (Å²) in [5.41, 5.74) is 5.93. The largest absolute Gasteiger partial charge is 0.479 e. The second kappa shape index (κ2) is 6.49. The zero-order valence-corrected chi connectivity index (χ0v) is 11.8. The van der Waals surface area contributed by atoms with Crippen molar-refractivity contribution in [3.05, 3.63) is 22.2 Å². The van der Waals surface area contributed by atoms with Crippen molar-refractivity contribution in [3.63, 3.8) is 0 Å². The Hall–Kier alpha value is -1.66. The molecule has 0 aromatic heterocycles. The van der Waals surface area contributed by atoms with E-state index in [1.807, 2.05) is 0 Å². The predicted octanol–water partition coefficient (Wildman–Crippen LogP) is 1.80. The minimum Gasteiger partial charge on any atom is -0.479 e. The van der Waals surface area contributed by atoms with Gasteiger partial charge in [-0.3, -0.25) is 10.1 Å². The van der Waals surface area contributed by atoms with Gasteiger partial charge in [0.15, 0.2) is 6.10 Å². The molecule has 6 nitrogen and oxygen atoms in total. The third-order valence-electron chi connectivity index (χ3n) is 2.19. The number of halogens is 2. The number of amides is 3. The molecule has 4 N–H and O–H groups in total. The fraction of sp³-hybridized carbons (Fsp3) is 0.273. The number of carbonyl (C=O) groups excluding carboxylic acids is 2. The van der Waals surface area contributed by atoms with E-state index in [4.69, 9.17) is 33.7 Å². The first-order chi connectivity index (χ1) is 8.85. The molecule has 0 fully saturated rings. The van der Waals surface area contributed by atoms with E-state index in [0.717, 1.165) is 0 Å². The van der Waals surface area contributed by atoms with E-state index in [2.05, 4.69) is 10.6 Å². The van der Waals surface area contributed by atoms with Gasteiger partial charge >= 0.3 is 6.03 Å². The fourth-order valence-electron chi connectivity index (χ4n) is 1.17. The molecule has 0 bridgehead atoms. The van der Waals surface area contributed by atoms with E-state index in [1.165, 1.54) is 26.1 Å². The first kappa shape index (κ1) is 15.4. The zero-order valence-electron chi connectivity index (χ0n) is 10.3. The Kier molecular flexibility index (Phi) is 5.26. The van der Waals surface area contributed by atoms with Crippen molar-refractivity contribution in [1.29, 1.82) is 0 Å². The van der Waals surface area contributed by atoms with Gasteiger partial charge < -0.3 is 15.8 Å². The van der Waals surface area contributed by atoms with Crippen LogP contribution in [0.3, 0.4) is 0 Å². The van der Waals surface area contributed by atoms with Crippen LogP contribution >= 0.6 is 23.2 Å². The third-order valence-corrected chi connectivity index (χ3v) is 2.91. The van der Waals surface area contributed by atoms with Crippen molar-refractivity contribution in [3.8, 4) is 5.75 Å². The maximum Gasteiger partial charge on any atom is 0.321 e. The molecule has 0 aliphatic rings. The van der Waals surface area contributed by atoms with Gasteiger partial charge in [0, 0.05) is 13.1 Å². The fourth-order valence-corrected chi connectivity index (χ4v) is 1.49. The van der Waals surface area contributed by atoms with E-state index < -0.39 is 18.0 Å². The molecule has 0 heterocycles. The van der Waals surface area contributed by atoms with Crippen LogP contribution in [-0.4, -0.2) is 25.1 Å². The number of imide groups is 1. The van der Waals surface area contributed by atoms with E-state index in [9.17, 15) is 9.59 Å². The Balaban J connectivity index is 2.77. The lowest BCUT2D eigenvalue weighted by Crippen LogP contribution is -2.44. The summed E-state index contributed by atoms with van der Waals surface area (Å²) in [6, 6.07) is 2.20. The molecule has 8 heteroatoms. The van der Waals surface area contributed by atoms with Crippen LogP contribution in [0.25, 0.3) is 0 Å². The minimum absolute atomic E-state index is 0.217. The highest BCUT2D eigenvalue weighted by atomic mass is 35.5. The predicted molar refractivity (Wildman–Crippen MR) is 73.6 cm³/mol. The molecule has 1 atom stereocenters. The molecular formula is C11H13Cl2N3O3. The molecular weight excluding hydrogens is 293 g/mol. The Morgan fingerprint density at radius 2 is 1.89 bits per heavy atom. The molecule has 0 spiro atoms. The van der Waals surface area contributed by atoms with Gasteiger partial charge in [-0.2, -0.15) is 0 Å². The molecule has 1 aromatic carbocycles. The Labute approximate surface area is 120 Å². The van der Waals surface area contributed by atoms with Gasteiger partial charge in [0.1, 0.15) is 5.75 Å². The first-order valence-corrected chi connectivity index (χ1v) is 6.04. The highest BCUT2D eigenvalue weighted by molar-refractivity contribution is 6.42. The zero-order chi connectivity index (χ0) is 14.6. The summed E-state index contributed by atoms with van der Waals surface area (Å²) in [5.74, 6) is -0.390. The van der Waals surface area contributed by atoms with Crippen molar-refractivity contribution >= 4 is 40.8 Å². The number of hydrogen-bond donors (Lipinski definition) is 3. The van der Waals surface area contributed by atoms with Crippen LogP contribution in [0.15, 0.2) is 12.1 Å². The lowest BCUT2D eigenvalue weighted by molar-refractivity contribution is -0.126. The topological polar surface area (TPSA) is 93.5 Å². The maximum atomic E-state index is 11.6. The number of rotatable bonds is 3. The standard InChI is InChI=1S/C11H13Cl2N3O3/c1-5(10(17)16-11(18)15-2)19-9-4-7(13)6(12)3-8(9)14/h3-5H,14H2,1-2H3,(H2,15,16,17,18). The number of nitrogen functional groups attached to an aromatic ring is 1. The summed E-state index contributed by atoms with van der Waals surface area (Å²) < 4.78 is 5.33. The first-order valence-electron chi connectivity index (χ1n) is 5.29. The second-order valence-corrected chi connectivity index (χ2v) is 4.45. The van der Waals surface area contributed by atoms with Crippen LogP contribution in [0.5, 0.6) is 5.75 Å². The lowest BCUT2D eigenvalue weighted by atomic mass is 10.3. The Bertz CT molecular complexity index is 508. The van der Waals surface area contributed by atoms with E-state index >= 15 is 0 Å². The molecule has 104 valence electrons. The van der Waals surface area contributed by atoms with E-state index in [1.54, 1.807) is 0 Å².